The van der Waals surface area contributed by atoms with Crippen LogP contribution in [0.1, 0.15) is 36.7 Å². The van der Waals surface area contributed by atoms with Crippen LogP contribution in [0.4, 0.5) is 0 Å². The second kappa shape index (κ2) is 5.21. The number of rotatable bonds is 3. The van der Waals surface area contributed by atoms with Crippen LogP contribution in [0.15, 0.2) is 41.5 Å². The monoisotopic (exact) mass is 269 g/mol. The van der Waals surface area contributed by atoms with Crippen molar-refractivity contribution >= 4 is 0 Å². The number of aromatic nitrogens is 2. The molecule has 4 nitrogen and oxygen atoms in total. The van der Waals surface area contributed by atoms with Gasteiger partial charge < -0.3 is 4.98 Å². The van der Waals surface area contributed by atoms with E-state index in [2.05, 4.69) is 40.8 Å². The summed E-state index contributed by atoms with van der Waals surface area (Å²) < 4.78 is 0. The van der Waals surface area contributed by atoms with Crippen molar-refractivity contribution in [3.8, 4) is 0 Å². The zero-order valence-electron chi connectivity index (χ0n) is 11.8. The largest absolute Gasteiger partial charge is 0.313 e. The van der Waals surface area contributed by atoms with E-state index in [1.165, 1.54) is 11.9 Å². The molecular formula is C16H19N3O. The van der Waals surface area contributed by atoms with E-state index in [-0.39, 0.29) is 11.6 Å². The van der Waals surface area contributed by atoms with Gasteiger partial charge in [-0.25, -0.2) is 4.98 Å². The number of benzene rings is 1. The molecule has 20 heavy (non-hydrogen) atoms. The fraction of sp³-hybridized carbons (Fsp3) is 0.375. The van der Waals surface area contributed by atoms with Gasteiger partial charge in [-0.05, 0) is 11.5 Å². The lowest BCUT2D eigenvalue weighted by molar-refractivity contribution is 0.161. The lowest BCUT2D eigenvalue weighted by atomic mass is 10.0. The highest BCUT2D eigenvalue weighted by Gasteiger charge is 2.35. The van der Waals surface area contributed by atoms with Crippen LogP contribution < -0.4 is 5.56 Å². The number of fused-ring (bicyclic) bond motifs is 1. The van der Waals surface area contributed by atoms with Gasteiger partial charge in [0.1, 0.15) is 0 Å². The summed E-state index contributed by atoms with van der Waals surface area (Å²) in [6.07, 6.45) is 1.52. The molecule has 3 rings (SSSR count). The van der Waals surface area contributed by atoms with Crippen LogP contribution in [0, 0.1) is 5.92 Å². The molecule has 0 aliphatic carbocycles. The topological polar surface area (TPSA) is 49.0 Å². The molecular weight excluding hydrogens is 250 g/mol. The molecule has 0 spiro atoms. The average molecular weight is 269 g/mol. The predicted molar refractivity (Wildman–Crippen MR) is 78.1 cm³/mol. The normalized spacial score (nSPS) is 18.4. The van der Waals surface area contributed by atoms with Crippen molar-refractivity contribution < 1.29 is 0 Å². The smallest absolute Gasteiger partial charge is 0.255 e. The van der Waals surface area contributed by atoms with E-state index in [1.807, 2.05) is 18.2 Å². The van der Waals surface area contributed by atoms with Crippen LogP contribution >= 0.6 is 0 Å². The molecule has 104 valence electrons. The molecule has 1 aromatic heterocycles. The first kappa shape index (κ1) is 13.1. The standard InChI is InChI=1S/C16H19N3O/c1-11(2)15-14-13(16(20)18-10-17-14)9-19(15)8-12-6-4-3-5-7-12/h3-7,10-11,15H,8-9H2,1-2H3,(H,17,18,20). The van der Waals surface area contributed by atoms with Gasteiger partial charge in [0.2, 0.25) is 0 Å². The van der Waals surface area contributed by atoms with E-state index in [0.29, 0.717) is 12.5 Å². The zero-order valence-corrected chi connectivity index (χ0v) is 11.8. The Hall–Kier alpha value is -1.94. The van der Waals surface area contributed by atoms with Crippen LogP contribution in [0.2, 0.25) is 0 Å². The van der Waals surface area contributed by atoms with E-state index >= 15 is 0 Å². The van der Waals surface area contributed by atoms with Gasteiger partial charge in [0, 0.05) is 13.1 Å². The number of aromatic amines is 1. The van der Waals surface area contributed by atoms with Gasteiger partial charge in [0.05, 0.1) is 23.6 Å². The predicted octanol–water partition coefficient (Wildman–Crippen LogP) is 2.48. The summed E-state index contributed by atoms with van der Waals surface area (Å²) in [5, 5.41) is 0. The minimum Gasteiger partial charge on any atom is -0.313 e. The van der Waals surface area contributed by atoms with E-state index in [1.54, 1.807) is 0 Å². The van der Waals surface area contributed by atoms with E-state index in [4.69, 9.17) is 0 Å². The van der Waals surface area contributed by atoms with Gasteiger partial charge in [0.15, 0.2) is 0 Å². The summed E-state index contributed by atoms with van der Waals surface area (Å²) in [5.74, 6) is 0.425. The second-order valence-electron chi connectivity index (χ2n) is 5.67. The summed E-state index contributed by atoms with van der Waals surface area (Å²) in [7, 11) is 0. The molecule has 1 unspecified atom stereocenters. The van der Waals surface area contributed by atoms with Gasteiger partial charge in [0.25, 0.3) is 5.56 Å². The molecule has 0 saturated carbocycles. The Morgan fingerprint density at radius 1 is 1.35 bits per heavy atom. The van der Waals surface area contributed by atoms with Crippen LogP contribution in [-0.4, -0.2) is 14.9 Å². The van der Waals surface area contributed by atoms with Crippen molar-refractivity contribution in [2.75, 3.05) is 0 Å². The Balaban J connectivity index is 1.94. The Kier molecular flexibility index (Phi) is 3.40. The van der Waals surface area contributed by atoms with Gasteiger partial charge in [-0.3, -0.25) is 9.69 Å². The summed E-state index contributed by atoms with van der Waals surface area (Å²) in [4.78, 5) is 21.4. The number of nitrogens with zero attached hydrogens (tertiary/aromatic N) is 2. The third kappa shape index (κ3) is 2.27. The average Bonchev–Trinajstić information content (AvgIpc) is 2.79. The number of hydrogen-bond acceptors (Lipinski definition) is 3. The van der Waals surface area contributed by atoms with Gasteiger partial charge >= 0.3 is 0 Å². The molecule has 0 radical (unpaired) electrons. The maximum absolute atomic E-state index is 12.0. The number of nitrogens with one attached hydrogen (secondary N) is 1. The molecule has 1 aromatic carbocycles. The Bertz CT molecular complexity index is 648. The van der Waals surface area contributed by atoms with Crippen molar-refractivity contribution in [1.82, 2.24) is 14.9 Å². The van der Waals surface area contributed by atoms with Gasteiger partial charge in [-0.1, -0.05) is 44.2 Å². The summed E-state index contributed by atoms with van der Waals surface area (Å²) >= 11 is 0. The highest BCUT2D eigenvalue weighted by atomic mass is 16.1. The zero-order chi connectivity index (χ0) is 14.1. The van der Waals surface area contributed by atoms with Crippen molar-refractivity contribution in [3.05, 3.63) is 63.8 Å². The highest BCUT2D eigenvalue weighted by Crippen LogP contribution is 2.36. The maximum atomic E-state index is 12.0. The van der Waals surface area contributed by atoms with Crippen molar-refractivity contribution in [2.45, 2.75) is 33.0 Å². The third-order valence-corrected chi connectivity index (χ3v) is 3.88. The van der Waals surface area contributed by atoms with E-state index in [0.717, 1.165) is 17.8 Å². The van der Waals surface area contributed by atoms with Crippen molar-refractivity contribution in [3.63, 3.8) is 0 Å². The molecule has 2 heterocycles. The lowest BCUT2D eigenvalue weighted by Crippen LogP contribution is -2.25. The molecule has 2 aromatic rings. The molecule has 1 aliphatic rings. The van der Waals surface area contributed by atoms with Crippen molar-refractivity contribution in [2.24, 2.45) is 5.92 Å². The molecule has 1 aliphatic heterocycles. The molecule has 4 heteroatoms. The number of hydrogen-bond donors (Lipinski definition) is 1. The van der Waals surface area contributed by atoms with Crippen LogP contribution in [-0.2, 0) is 13.1 Å². The fourth-order valence-corrected chi connectivity index (χ4v) is 3.03. The van der Waals surface area contributed by atoms with E-state index < -0.39 is 0 Å². The SMILES string of the molecule is CC(C)C1c2nc[nH]c(=O)c2CN1Cc1ccccc1. The minimum absolute atomic E-state index is 0.00351. The van der Waals surface area contributed by atoms with Crippen LogP contribution in [0.3, 0.4) is 0 Å². The summed E-state index contributed by atoms with van der Waals surface area (Å²) in [5.41, 5.74) is 3.03. The Morgan fingerprint density at radius 3 is 2.80 bits per heavy atom. The summed E-state index contributed by atoms with van der Waals surface area (Å²) in [6.45, 7) is 5.89. The second-order valence-corrected chi connectivity index (χ2v) is 5.67. The first-order chi connectivity index (χ1) is 9.66. The molecule has 1 N–H and O–H groups in total. The van der Waals surface area contributed by atoms with Crippen molar-refractivity contribution in [1.29, 1.82) is 0 Å². The fourth-order valence-electron chi connectivity index (χ4n) is 3.03. The molecule has 0 amide bonds. The highest BCUT2D eigenvalue weighted by molar-refractivity contribution is 5.26. The molecule has 0 saturated heterocycles. The van der Waals surface area contributed by atoms with Crippen LogP contribution in [0.25, 0.3) is 0 Å². The Labute approximate surface area is 118 Å². The lowest BCUT2D eigenvalue weighted by Gasteiger charge is -2.27. The minimum atomic E-state index is -0.00351. The summed E-state index contributed by atoms with van der Waals surface area (Å²) in [6, 6.07) is 10.6. The van der Waals surface area contributed by atoms with Gasteiger partial charge in [-0.15, -0.1) is 0 Å². The number of H-pyrrole nitrogens is 1. The first-order valence-electron chi connectivity index (χ1n) is 7.01. The first-order valence-corrected chi connectivity index (χ1v) is 7.01. The maximum Gasteiger partial charge on any atom is 0.255 e. The Morgan fingerprint density at radius 2 is 2.10 bits per heavy atom. The molecule has 0 bridgehead atoms. The third-order valence-electron chi connectivity index (χ3n) is 3.88. The van der Waals surface area contributed by atoms with Gasteiger partial charge in [-0.2, -0.15) is 0 Å². The molecule has 1 atom stereocenters. The van der Waals surface area contributed by atoms with E-state index in [9.17, 15) is 4.79 Å². The molecule has 0 fully saturated rings. The quantitative estimate of drug-likeness (QED) is 0.931. The van der Waals surface area contributed by atoms with Crippen LogP contribution in [0.5, 0.6) is 0 Å².